The van der Waals surface area contributed by atoms with E-state index in [1.165, 1.54) is 0 Å². The zero-order valence-electron chi connectivity index (χ0n) is 20.8. The molecule has 2 saturated heterocycles. The van der Waals surface area contributed by atoms with Crippen molar-refractivity contribution in [1.29, 1.82) is 0 Å². The molecule has 216 valence electrons. The van der Waals surface area contributed by atoms with Crippen molar-refractivity contribution in [2.75, 3.05) is 39.4 Å². The Bertz CT molecular complexity index is 1100. The fraction of sp³-hybridized carbons (Fsp3) is 0.520. The third kappa shape index (κ3) is 7.96. The molecule has 0 amide bonds. The van der Waals surface area contributed by atoms with Gasteiger partial charge in [-0.3, -0.25) is 9.80 Å². The van der Waals surface area contributed by atoms with Crippen LogP contribution in [0.4, 0.5) is 26.3 Å². The van der Waals surface area contributed by atoms with E-state index in [4.69, 9.17) is 29.0 Å². The molecule has 5 rings (SSSR count). The number of carboxylic acids is 2. The van der Waals surface area contributed by atoms with Crippen LogP contribution in [0.3, 0.4) is 0 Å². The van der Waals surface area contributed by atoms with Crippen LogP contribution in [0.15, 0.2) is 40.8 Å². The maximum atomic E-state index is 10.6. The van der Waals surface area contributed by atoms with Crippen LogP contribution >= 0.6 is 0 Å². The number of fused-ring (bicyclic) bond motifs is 3. The molecule has 2 N–H and O–H groups in total. The number of aryl methyl sites for hydroxylation is 1. The standard InChI is InChI=1S/C21H26N2O2.2C2HF3O2/c1-15-6-7-16(25-15)12-22-13-19-17-4-2-3-5-18(17)21(20(19)14-22)23-8-10-24-11-9-23;2*3-2(4,5)1(6)7/h2-7,19-21H,8-14H2,1H3;2*(H,6,7)/t19-,20-,21-;;/m0../s1. The lowest BCUT2D eigenvalue weighted by atomic mass is 9.93. The lowest BCUT2D eigenvalue weighted by Gasteiger charge is -2.36. The van der Waals surface area contributed by atoms with E-state index < -0.39 is 24.3 Å². The molecule has 14 heteroatoms. The number of carbonyl (C=O) groups is 2. The largest absolute Gasteiger partial charge is 0.490 e. The molecule has 0 spiro atoms. The van der Waals surface area contributed by atoms with Crippen molar-refractivity contribution in [3.8, 4) is 0 Å². The van der Waals surface area contributed by atoms with Gasteiger partial charge in [0.15, 0.2) is 0 Å². The van der Waals surface area contributed by atoms with Crippen molar-refractivity contribution in [1.82, 2.24) is 9.80 Å². The van der Waals surface area contributed by atoms with Gasteiger partial charge in [-0.1, -0.05) is 24.3 Å². The number of alkyl halides is 6. The van der Waals surface area contributed by atoms with Gasteiger partial charge < -0.3 is 19.4 Å². The van der Waals surface area contributed by atoms with E-state index in [1.807, 2.05) is 6.92 Å². The Hall–Kier alpha value is -3.10. The Balaban J connectivity index is 0.000000251. The summed E-state index contributed by atoms with van der Waals surface area (Å²) in [6.45, 7) is 9.09. The van der Waals surface area contributed by atoms with E-state index in [2.05, 4.69) is 46.2 Å². The van der Waals surface area contributed by atoms with Crippen LogP contribution in [0.25, 0.3) is 0 Å². The Morgan fingerprint density at radius 3 is 1.92 bits per heavy atom. The van der Waals surface area contributed by atoms with Crippen LogP contribution in [-0.4, -0.2) is 83.7 Å². The summed E-state index contributed by atoms with van der Waals surface area (Å²) in [5, 5.41) is 14.2. The Morgan fingerprint density at radius 2 is 1.44 bits per heavy atom. The van der Waals surface area contributed by atoms with Crippen LogP contribution in [-0.2, 0) is 20.9 Å². The molecule has 0 saturated carbocycles. The molecule has 1 aromatic heterocycles. The minimum absolute atomic E-state index is 0.549. The highest BCUT2D eigenvalue weighted by atomic mass is 19.4. The Kier molecular flexibility index (Phi) is 9.67. The van der Waals surface area contributed by atoms with Crippen LogP contribution < -0.4 is 0 Å². The third-order valence-electron chi connectivity index (χ3n) is 6.66. The Morgan fingerprint density at radius 1 is 0.897 bits per heavy atom. The maximum absolute atomic E-state index is 10.6. The van der Waals surface area contributed by atoms with Crippen molar-refractivity contribution < 1.29 is 55.3 Å². The van der Waals surface area contributed by atoms with Gasteiger partial charge >= 0.3 is 24.3 Å². The molecule has 0 bridgehead atoms. The number of likely N-dealkylation sites (tertiary alicyclic amines) is 1. The van der Waals surface area contributed by atoms with Gasteiger partial charge in [-0.25, -0.2) is 9.59 Å². The molecule has 2 fully saturated rings. The summed E-state index contributed by atoms with van der Waals surface area (Å²) >= 11 is 0. The van der Waals surface area contributed by atoms with Crippen molar-refractivity contribution in [2.45, 2.75) is 37.8 Å². The second kappa shape index (κ2) is 12.4. The quantitative estimate of drug-likeness (QED) is 0.526. The molecule has 2 aliphatic heterocycles. The smallest absolute Gasteiger partial charge is 0.475 e. The molecule has 39 heavy (non-hydrogen) atoms. The van der Waals surface area contributed by atoms with Gasteiger partial charge in [-0.05, 0) is 36.1 Å². The predicted molar refractivity (Wildman–Crippen MR) is 124 cm³/mol. The summed E-state index contributed by atoms with van der Waals surface area (Å²) < 4.78 is 74.9. The van der Waals surface area contributed by atoms with Gasteiger partial charge in [0.25, 0.3) is 0 Å². The highest BCUT2D eigenvalue weighted by Crippen LogP contribution is 2.52. The van der Waals surface area contributed by atoms with Crippen molar-refractivity contribution >= 4 is 11.9 Å². The zero-order chi connectivity index (χ0) is 29.0. The van der Waals surface area contributed by atoms with E-state index >= 15 is 0 Å². The number of ether oxygens (including phenoxy) is 1. The minimum atomic E-state index is -5.08. The van der Waals surface area contributed by atoms with E-state index in [0.29, 0.717) is 17.9 Å². The number of aliphatic carboxylic acids is 2. The van der Waals surface area contributed by atoms with E-state index in [9.17, 15) is 26.3 Å². The van der Waals surface area contributed by atoms with Crippen LogP contribution in [0, 0.1) is 12.8 Å². The summed E-state index contributed by atoms with van der Waals surface area (Å²) in [5.41, 5.74) is 3.13. The zero-order valence-corrected chi connectivity index (χ0v) is 20.8. The van der Waals surface area contributed by atoms with Gasteiger partial charge in [-0.2, -0.15) is 26.3 Å². The molecule has 8 nitrogen and oxygen atoms in total. The summed E-state index contributed by atoms with van der Waals surface area (Å²) in [4.78, 5) is 23.0. The number of carboxylic acid groups (broad SMARTS) is 2. The highest BCUT2D eigenvalue weighted by Gasteiger charge is 2.48. The number of hydrogen-bond acceptors (Lipinski definition) is 6. The van der Waals surface area contributed by atoms with Gasteiger partial charge in [0.05, 0.1) is 19.8 Å². The molecular formula is C25H28F6N2O6. The van der Waals surface area contributed by atoms with Gasteiger partial charge in [0.1, 0.15) is 11.5 Å². The normalized spacial score (nSPS) is 23.1. The van der Waals surface area contributed by atoms with Gasteiger partial charge in [-0.15, -0.1) is 0 Å². The fourth-order valence-corrected chi connectivity index (χ4v) is 5.15. The summed E-state index contributed by atoms with van der Waals surface area (Å²) in [6, 6.07) is 13.9. The average molecular weight is 566 g/mol. The lowest BCUT2D eigenvalue weighted by Crippen LogP contribution is -2.41. The number of nitrogens with zero attached hydrogens (tertiary/aromatic N) is 2. The van der Waals surface area contributed by atoms with Gasteiger partial charge in [0.2, 0.25) is 0 Å². The lowest BCUT2D eigenvalue weighted by molar-refractivity contribution is -0.193. The molecule has 0 unspecified atom stereocenters. The SMILES string of the molecule is Cc1ccc(CN2C[C@H]3[C@@H](C2)c2ccccc2[C@@H]3N2CCOCC2)o1.O=C(O)C(F)(F)F.O=C(O)C(F)(F)F. The fourth-order valence-electron chi connectivity index (χ4n) is 5.15. The van der Waals surface area contributed by atoms with Crippen LogP contribution in [0.2, 0.25) is 0 Å². The van der Waals surface area contributed by atoms with Crippen molar-refractivity contribution in [3.63, 3.8) is 0 Å². The maximum Gasteiger partial charge on any atom is 0.490 e. The second-order valence-corrected chi connectivity index (χ2v) is 9.30. The van der Waals surface area contributed by atoms with Crippen LogP contribution in [0.5, 0.6) is 0 Å². The summed E-state index contributed by atoms with van der Waals surface area (Å²) in [5.74, 6) is -2.08. The third-order valence-corrected chi connectivity index (χ3v) is 6.66. The van der Waals surface area contributed by atoms with Gasteiger partial charge in [0, 0.05) is 38.1 Å². The molecule has 0 radical (unpaired) electrons. The number of benzene rings is 1. The molecule has 3 aliphatic rings. The Labute approximate surface area is 219 Å². The topological polar surface area (TPSA) is 103 Å². The van der Waals surface area contributed by atoms with E-state index in [0.717, 1.165) is 57.5 Å². The molecular weight excluding hydrogens is 538 g/mol. The van der Waals surface area contributed by atoms with Crippen molar-refractivity contribution in [3.05, 3.63) is 59.0 Å². The first kappa shape index (κ1) is 30.4. The average Bonchev–Trinajstić information content (AvgIpc) is 3.53. The van der Waals surface area contributed by atoms with E-state index in [-0.39, 0.29) is 0 Å². The molecule has 3 heterocycles. The number of hydrogen-bond donors (Lipinski definition) is 2. The first-order chi connectivity index (χ1) is 18.2. The molecule has 2 aromatic rings. The predicted octanol–water partition coefficient (Wildman–Crippen LogP) is 4.46. The molecule has 1 aliphatic carbocycles. The monoisotopic (exact) mass is 566 g/mol. The summed E-state index contributed by atoms with van der Waals surface area (Å²) in [6.07, 6.45) is -10.2. The summed E-state index contributed by atoms with van der Waals surface area (Å²) in [7, 11) is 0. The van der Waals surface area contributed by atoms with Crippen LogP contribution in [0.1, 0.15) is 34.6 Å². The first-order valence-corrected chi connectivity index (χ1v) is 12.0. The first-order valence-electron chi connectivity index (χ1n) is 12.0. The number of halogens is 6. The second-order valence-electron chi connectivity index (χ2n) is 9.30. The number of furan rings is 1. The van der Waals surface area contributed by atoms with Crippen molar-refractivity contribution in [2.24, 2.45) is 5.92 Å². The van der Waals surface area contributed by atoms with E-state index in [1.54, 1.807) is 11.1 Å². The molecule has 1 aromatic carbocycles. The molecule has 3 atom stereocenters. The minimum Gasteiger partial charge on any atom is -0.475 e. The number of morpholine rings is 1. The highest BCUT2D eigenvalue weighted by molar-refractivity contribution is 5.73. The number of rotatable bonds is 3.